The van der Waals surface area contributed by atoms with Crippen molar-refractivity contribution in [1.82, 2.24) is 0 Å². The molecule has 1 aromatic carbocycles. The second-order valence-electron chi connectivity index (χ2n) is 2.66. The van der Waals surface area contributed by atoms with E-state index in [2.05, 4.69) is 5.32 Å². The molecule has 0 atom stereocenters. The first-order chi connectivity index (χ1) is 7.09. The van der Waals surface area contributed by atoms with Gasteiger partial charge in [0.05, 0.1) is 11.7 Å². The molecule has 0 saturated carbocycles. The standard InChI is InChI=1S/C10H9NO4.Na/c12-8-4-2-1-3-7(8)11-9(13)5-6-10(14)15;/h1-6,12H,(H,11,13)(H,14,15);/q;+1/p-1/b6-5-;. The van der Waals surface area contributed by atoms with E-state index in [-0.39, 0.29) is 41.0 Å². The van der Waals surface area contributed by atoms with Gasteiger partial charge in [-0.1, -0.05) is 12.1 Å². The molecule has 0 bridgehead atoms. The van der Waals surface area contributed by atoms with E-state index in [9.17, 15) is 19.8 Å². The Balaban J connectivity index is 0.00000225. The molecule has 0 fully saturated rings. The van der Waals surface area contributed by atoms with Gasteiger partial charge in [-0.05, 0) is 18.2 Å². The van der Waals surface area contributed by atoms with Crippen LogP contribution in [0.4, 0.5) is 5.69 Å². The van der Waals surface area contributed by atoms with Crippen molar-refractivity contribution >= 4 is 17.6 Å². The number of para-hydroxylation sites is 2. The van der Waals surface area contributed by atoms with Crippen LogP contribution in [0.1, 0.15) is 0 Å². The van der Waals surface area contributed by atoms with Crippen molar-refractivity contribution in [3.8, 4) is 5.75 Å². The van der Waals surface area contributed by atoms with Crippen molar-refractivity contribution in [1.29, 1.82) is 0 Å². The topological polar surface area (TPSA) is 89.5 Å². The third-order valence-corrected chi connectivity index (χ3v) is 1.53. The number of phenolic OH excluding ortho intramolecular Hbond substituents is 1. The minimum absolute atomic E-state index is 0. The third-order valence-electron chi connectivity index (χ3n) is 1.53. The van der Waals surface area contributed by atoms with Crippen LogP contribution in [0.5, 0.6) is 5.75 Å². The number of aliphatic carboxylic acids is 1. The summed E-state index contributed by atoms with van der Waals surface area (Å²) >= 11 is 0. The summed E-state index contributed by atoms with van der Waals surface area (Å²) in [6.07, 6.45) is 1.41. The van der Waals surface area contributed by atoms with E-state index in [0.717, 1.165) is 6.08 Å². The molecule has 0 aliphatic rings. The van der Waals surface area contributed by atoms with E-state index in [1.807, 2.05) is 0 Å². The largest absolute Gasteiger partial charge is 1.00 e. The van der Waals surface area contributed by atoms with Crippen molar-refractivity contribution in [2.24, 2.45) is 0 Å². The van der Waals surface area contributed by atoms with Crippen LogP contribution in [0.25, 0.3) is 0 Å². The Morgan fingerprint density at radius 2 is 1.88 bits per heavy atom. The maximum atomic E-state index is 11.1. The fourth-order valence-corrected chi connectivity index (χ4v) is 0.897. The number of hydrogen-bond acceptors (Lipinski definition) is 4. The van der Waals surface area contributed by atoms with Gasteiger partial charge in [0.1, 0.15) is 5.75 Å². The normalized spacial score (nSPS) is 9.50. The molecule has 6 heteroatoms. The first-order valence-corrected chi connectivity index (χ1v) is 4.07. The Morgan fingerprint density at radius 3 is 2.44 bits per heavy atom. The number of carbonyl (C=O) groups is 2. The minimum atomic E-state index is -1.46. The molecule has 0 aliphatic carbocycles. The Bertz CT molecular complexity index is 417. The average Bonchev–Trinajstić information content (AvgIpc) is 2.18. The van der Waals surface area contributed by atoms with Crippen LogP contribution >= 0.6 is 0 Å². The SMILES string of the molecule is O=C([O-])/C=C\C(=O)Nc1ccccc1O.[Na+]. The maximum absolute atomic E-state index is 11.1. The zero-order valence-electron chi connectivity index (χ0n) is 8.64. The predicted molar refractivity (Wildman–Crippen MR) is 50.9 cm³/mol. The van der Waals surface area contributed by atoms with Crippen LogP contribution in [0.3, 0.4) is 0 Å². The monoisotopic (exact) mass is 229 g/mol. The molecule has 0 heterocycles. The number of carbonyl (C=O) groups excluding carboxylic acids is 2. The molecule has 0 spiro atoms. The first-order valence-electron chi connectivity index (χ1n) is 4.07. The Labute approximate surface area is 114 Å². The molecule has 0 aliphatic heterocycles. The summed E-state index contributed by atoms with van der Waals surface area (Å²) in [5.74, 6) is -2.20. The molecule has 0 saturated heterocycles. The zero-order valence-corrected chi connectivity index (χ0v) is 10.6. The molecule has 0 aromatic heterocycles. The number of amides is 1. The first kappa shape index (κ1) is 14.7. The molecule has 16 heavy (non-hydrogen) atoms. The van der Waals surface area contributed by atoms with Crippen LogP contribution in [-0.4, -0.2) is 17.0 Å². The van der Waals surface area contributed by atoms with Crippen molar-refractivity contribution in [2.75, 3.05) is 5.32 Å². The van der Waals surface area contributed by atoms with Gasteiger partial charge in [-0.3, -0.25) is 4.79 Å². The van der Waals surface area contributed by atoms with Gasteiger partial charge in [-0.25, -0.2) is 0 Å². The number of nitrogens with one attached hydrogen (secondary N) is 1. The molecule has 5 nitrogen and oxygen atoms in total. The van der Waals surface area contributed by atoms with Crippen LogP contribution in [0.2, 0.25) is 0 Å². The number of benzene rings is 1. The molecule has 1 rings (SSSR count). The third kappa shape index (κ3) is 4.97. The summed E-state index contributed by atoms with van der Waals surface area (Å²) in [5.41, 5.74) is 0.213. The predicted octanol–water partition coefficient (Wildman–Crippen LogP) is -3.36. The molecule has 0 unspecified atom stereocenters. The smallest absolute Gasteiger partial charge is 0.545 e. The van der Waals surface area contributed by atoms with Crippen molar-refractivity contribution in [3.05, 3.63) is 36.4 Å². The molecule has 1 amide bonds. The number of hydrogen-bond donors (Lipinski definition) is 2. The molecular weight excluding hydrogens is 221 g/mol. The second-order valence-corrected chi connectivity index (χ2v) is 2.66. The summed E-state index contributed by atoms with van der Waals surface area (Å²) < 4.78 is 0. The summed E-state index contributed by atoms with van der Waals surface area (Å²) in [6, 6.07) is 6.11. The number of carboxylic acids is 1. The summed E-state index contributed by atoms with van der Waals surface area (Å²) in [7, 11) is 0. The van der Waals surface area contributed by atoms with Crippen molar-refractivity contribution in [3.63, 3.8) is 0 Å². The van der Waals surface area contributed by atoms with Crippen LogP contribution in [0, 0.1) is 0 Å². The molecule has 1 aromatic rings. The van der Waals surface area contributed by atoms with Gasteiger partial charge >= 0.3 is 29.6 Å². The van der Waals surface area contributed by atoms with Gasteiger partial charge in [-0.2, -0.15) is 0 Å². The molecule has 78 valence electrons. The number of carboxylic acid groups (broad SMARTS) is 1. The Kier molecular flexibility index (Phi) is 6.48. The fraction of sp³-hybridized carbons (Fsp3) is 0. The number of phenols is 1. The minimum Gasteiger partial charge on any atom is -0.545 e. The number of rotatable bonds is 3. The van der Waals surface area contributed by atoms with Crippen molar-refractivity contribution in [2.45, 2.75) is 0 Å². The molecular formula is C10H8NNaO4. The zero-order chi connectivity index (χ0) is 11.3. The van der Waals surface area contributed by atoms with E-state index < -0.39 is 11.9 Å². The van der Waals surface area contributed by atoms with E-state index >= 15 is 0 Å². The Morgan fingerprint density at radius 1 is 1.25 bits per heavy atom. The van der Waals surface area contributed by atoms with Gasteiger partial charge in [-0.15, -0.1) is 0 Å². The van der Waals surface area contributed by atoms with Crippen molar-refractivity contribution < 1.29 is 49.4 Å². The van der Waals surface area contributed by atoms with Crippen LogP contribution in [-0.2, 0) is 9.59 Å². The molecule has 0 radical (unpaired) electrons. The summed E-state index contributed by atoms with van der Waals surface area (Å²) in [5, 5.41) is 21.6. The number of anilines is 1. The van der Waals surface area contributed by atoms with Gasteiger partial charge in [0.15, 0.2) is 0 Å². The van der Waals surface area contributed by atoms with Crippen LogP contribution < -0.4 is 40.0 Å². The van der Waals surface area contributed by atoms with E-state index in [1.165, 1.54) is 12.1 Å². The maximum Gasteiger partial charge on any atom is 1.00 e. The van der Waals surface area contributed by atoms with Gasteiger partial charge in [0.25, 0.3) is 0 Å². The number of aromatic hydroxyl groups is 1. The van der Waals surface area contributed by atoms with E-state index in [4.69, 9.17) is 0 Å². The quantitative estimate of drug-likeness (QED) is 0.322. The summed E-state index contributed by atoms with van der Waals surface area (Å²) in [4.78, 5) is 21.1. The van der Waals surface area contributed by atoms with Crippen LogP contribution in [0.15, 0.2) is 36.4 Å². The van der Waals surface area contributed by atoms with Gasteiger partial charge in [0.2, 0.25) is 5.91 Å². The fourth-order valence-electron chi connectivity index (χ4n) is 0.897. The average molecular weight is 229 g/mol. The second kappa shape index (κ2) is 7.05. The van der Waals surface area contributed by atoms with E-state index in [1.54, 1.807) is 12.1 Å². The Hall–Kier alpha value is -1.30. The van der Waals surface area contributed by atoms with E-state index in [0.29, 0.717) is 6.08 Å². The van der Waals surface area contributed by atoms with Gasteiger partial charge in [0, 0.05) is 6.08 Å². The molecule has 2 N–H and O–H groups in total. The summed E-state index contributed by atoms with van der Waals surface area (Å²) in [6.45, 7) is 0. The van der Waals surface area contributed by atoms with Gasteiger partial charge < -0.3 is 20.3 Å².